The number of sulfonamides is 1. The average Bonchev–Trinajstić information content (AvgIpc) is 2.60. The van der Waals surface area contributed by atoms with Crippen LogP contribution in [0.25, 0.3) is 0 Å². The van der Waals surface area contributed by atoms with Crippen molar-refractivity contribution in [1.29, 1.82) is 0 Å². The quantitative estimate of drug-likeness (QED) is 0.591. The van der Waals surface area contributed by atoms with Crippen LogP contribution in [-0.2, 0) is 14.8 Å². The van der Waals surface area contributed by atoms with Gasteiger partial charge in [0.2, 0.25) is 0 Å². The Bertz CT molecular complexity index is 917. The molecule has 0 aliphatic rings. The minimum absolute atomic E-state index is 0.0640. The van der Waals surface area contributed by atoms with Crippen molar-refractivity contribution in [1.82, 2.24) is 0 Å². The summed E-state index contributed by atoms with van der Waals surface area (Å²) in [5, 5.41) is 0. The summed E-state index contributed by atoms with van der Waals surface area (Å²) in [6.07, 6.45) is 0. The number of carbonyl (C=O) groups excluding carboxylic acids is 1. The number of carbonyl (C=O) groups is 1. The minimum atomic E-state index is -3.96. The Hall–Kier alpha value is -2.80. The van der Waals surface area contributed by atoms with Crippen LogP contribution < -0.4 is 9.46 Å². The summed E-state index contributed by atoms with van der Waals surface area (Å²) >= 11 is 0. The molecule has 1 N–H and O–H groups in total. The Morgan fingerprint density at radius 1 is 1.15 bits per heavy atom. The van der Waals surface area contributed by atoms with E-state index in [0.717, 1.165) is 5.56 Å². The molecule has 138 valence electrons. The molecular weight excluding hydrogens is 354 g/mol. The van der Waals surface area contributed by atoms with Gasteiger partial charge in [-0.05, 0) is 49.8 Å². The maximum Gasteiger partial charge on any atom is 0.338 e. The molecule has 2 aromatic rings. The highest BCUT2D eigenvalue weighted by atomic mass is 32.2. The number of hydrogen-bond acceptors (Lipinski definition) is 5. The number of rotatable bonds is 7. The van der Waals surface area contributed by atoms with E-state index in [-0.39, 0.29) is 22.8 Å². The number of methoxy groups -OCH3 is 1. The van der Waals surface area contributed by atoms with Crippen molar-refractivity contribution < 1.29 is 22.7 Å². The van der Waals surface area contributed by atoms with Gasteiger partial charge >= 0.3 is 5.97 Å². The molecule has 0 aliphatic heterocycles. The van der Waals surface area contributed by atoms with E-state index in [9.17, 15) is 13.2 Å². The van der Waals surface area contributed by atoms with Crippen LogP contribution in [0.2, 0.25) is 0 Å². The highest BCUT2D eigenvalue weighted by Crippen LogP contribution is 2.27. The third-order valence-electron chi connectivity index (χ3n) is 3.44. The summed E-state index contributed by atoms with van der Waals surface area (Å²) in [5.41, 5.74) is 2.21. The molecule has 0 aromatic heterocycles. The zero-order valence-corrected chi connectivity index (χ0v) is 15.7. The molecule has 0 spiro atoms. The first-order chi connectivity index (χ1) is 12.2. The number of aryl methyl sites for hydroxylation is 1. The molecule has 26 heavy (non-hydrogen) atoms. The van der Waals surface area contributed by atoms with Gasteiger partial charge in [-0.15, -0.1) is 0 Å². The number of nitrogens with one attached hydrogen (secondary N) is 1. The summed E-state index contributed by atoms with van der Waals surface area (Å²) in [7, 11) is -2.60. The first-order valence-electron chi connectivity index (χ1n) is 7.82. The number of hydrogen-bond donors (Lipinski definition) is 1. The molecule has 2 rings (SSSR count). The Morgan fingerprint density at radius 2 is 1.81 bits per heavy atom. The van der Waals surface area contributed by atoms with Crippen LogP contribution in [0.5, 0.6) is 5.75 Å². The van der Waals surface area contributed by atoms with Gasteiger partial charge in [0, 0.05) is 5.69 Å². The van der Waals surface area contributed by atoms with Gasteiger partial charge in [0.15, 0.2) is 0 Å². The van der Waals surface area contributed by atoms with Crippen LogP contribution >= 0.6 is 0 Å². The monoisotopic (exact) mass is 375 g/mol. The lowest BCUT2D eigenvalue weighted by atomic mass is 10.2. The minimum Gasteiger partial charge on any atom is -0.495 e. The van der Waals surface area contributed by atoms with Crippen molar-refractivity contribution in [3.05, 3.63) is 65.7 Å². The fraction of sp³-hybridized carbons (Fsp3) is 0.211. The summed E-state index contributed by atoms with van der Waals surface area (Å²) < 4.78 is 38.2. The molecule has 6 nitrogen and oxygen atoms in total. The third-order valence-corrected chi connectivity index (χ3v) is 4.84. The number of anilines is 1. The van der Waals surface area contributed by atoms with Crippen molar-refractivity contribution in [2.45, 2.75) is 18.7 Å². The molecule has 0 saturated carbocycles. The van der Waals surface area contributed by atoms with Gasteiger partial charge in [0.1, 0.15) is 17.3 Å². The number of benzene rings is 2. The lowest BCUT2D eigenvalue weighted by Gasteiger charge is -2.13. The molecule has 0 heterocycles. The fourth-order valence-electron chi connectivity index (χ4n) is 2.12. The molecule has 7 heteroatoms. The van der Waals surface area contributed by atoms with E-state index in [1.54, 1.807) is 31.2 Å². The summed E-state index contributed by atoms with van der Waals surface area (Å²) in [6.45, 7) is 7.35. The predicted molar refractivity (Wildman–Crippen MR) is 100 cm³/mol. The van der Waals surface area contributed by atoms with Gasteiger partial charge in [-0.25, -0.2) is 13.2 Å². The Kier molecular flexibility index (Phi) is 6.05. The topological polar surface area (TPSA) is 81.7 Å². The third kappa shape index (κ3) is 4.86. The van der Waals surface area contributed by atoms with E-state index >= 15 is 0 Å². The summed E-state index contributed by atoms with van der Waals surface area (Å²) in [6, 6.07) is 11.0. The molecule has 0 radical (unpaired) electrons. The van der Waals surface area contributed by atoms with Gasteiger partial charge in [-0.3, -0.25) is 4.72 Å². The van der Waals surface area contributed by atoms with Crippen molar-refractivity contribution in [2.24, 2.45) is 0 Å². The van der Waals surface area contributed by atoms with Crippen LogP contribution in [0.3, 0.4) is 0 Å². The zero-order chi connectivity index (χ0) is 19.3. The highest BCUT2D eigenvalue weighted by molar-refractivity contribution is 7.92. The standard InChI is InChI=1S/C19H21NO5S/c1-13(2)12-25-19(21)15-7-10-17(24-4)18(11-15)26(22,23)20-16-8-5-14(3)6-9-16/h5-11,20H,1,12H2,2-4H3. The van der Waals surface area contributed by atoms with Crippen LogP contribution in [0, 0.1) is 6.92 Å². The number of ether oxygens (including phenoxy) is 2. The SMILES string of the molecule is C=C(C)COC(=O)c1ccc(OC)c(S(=O)(=O)Nc2ccc(C)cc2)c1. The molecule has 0 unspecified atom stereocenters. The smallest absolute Gasteiger partial charge is 0.338 e. The van der Waals surface area contributed by atoms with Gasteiger partial charge < -0.3 is 9.47 Å². The normalized spacial score (nSPS) is 10.9. The van der Waals surface area contributed by atoms with Gasteiger partial charge in [-0.1, -0.05) is 24.3 Å². The molecule has 0 saturated heterocycles. The molecule has 0 aliphatic carbocycles. The lowest BCUT2D eigenvalue weighted by molar-refractivity contribution is 0.0540. The molecule has 2 aromatic carbocycles. The molecule has 0 bridgehead atoms. The summed E-state index contributed by atoms with van der Waals surface area (Å²) in [5.74, 6) is -0.511. The van der Waals surface area contributed by atoms with E-state index < -0.39 is 16.0 Å². The van der Waals surface area contributed by atoms with Crippen molar-refractivity contribution >= 4 is 21.7 Å². The molecule has 0 atom stereocenters. The second-order valence-electron chi connectivity index (χ2n) is 5.87. The van der Waals surface area contributed by atoms with Gasteiger partial charge in [0.25, 0.3) is 10.0 Å². The van der Waals surface area contributed by atoms with Gasteiger partial charge in [-0.2, -0.15) is 0 Å². The Morgan fingerprint density at radius 3 is 2.38 bits per heavy atom. The second-order valence-corrected chi connectivity index (χ2v) is 7.52. The van der Waals surface area contributed by atoms with E-state index in [1.807, 2.05) is 6.92 Å². The van der Waals surface area contributed by atoms with E-state index in [0.29, 0.717) is 11.3 Å². The van der Waals surface area contributed by atoms with Crippen LogP contribution in [0.4, 0.5) is 5.69 Å². The van der Waals surface area contributed by atoms with E-state index in [2.05, 4.69) is 11.3 Å². The first kappa shape index (κ1) is 19.5. The molecule has 0 amide bonds. The van der Waals surface area contributed by atoms with E-state index in [4.69, 9.17) is 9.47 Å². The van der Waals surface area contributed by atoms with Crippen LogP contribution in [0.1, 0.15) is 22.8 Å². The first-order valence-corrected chi connectivity index (χ1v) is 9.30. The van der Waals surface area contributed by atoms with Crippen LogP contribution in [0.15, 0.2) is 59.5 Å². The Balaban J connectivity index is 2.35. The van der Waals surface area contributed by atoms with Crippen molar-refractivity contribution in [3.8, 4) is 5.75 Å². The van der Waals surface area contributed by atoms with Crippen molar-refractivity contribution in [2.75, 3.05) is 18.4 Å². The largest absolute Gasteiger partial charge is 0.495 e. The molecule has 0 fully saturated rings. The summed E-state index contributed by atoms with van der Waals surface area (Å²) in [4.78, 5) is 12.0. The predicted octanol–water partition coefficient (Wildman–Crippen LogP) is 3.54. The fourth-order valence-corrected chi connectivity index (χ4v) is 3.37. The Labute approximate surface area is 153 Å². The van der Waals surface area contributed by atoms with Crippen molar-refractivity contribution in [3.63, 3.8) is 0 Å². The highest BCUT2D eigenvalue weighted by Gasteiger charge is 2.22. The second kappa shape index (κ2) is 8.05. The van der Waals surface area contributed by atoms with Crippen LogP contribution in [-0.4, -0.2) is 28.1 Å². The lowest BCUT2D eigenvalue weighted by Crippen LogP contribution is -2.15. The maximum atomic E-state index is 12.7. The molecular formula is C19H21NO5S. The zero-order valence-electron chi connectivity index (χ0n) is 14.9. The maximum absolute atomic E-state index is 12.7. The van der Waals surface area contributed by atoms with Gasteiger partial charge in [0.05, 0.1) is 12.7 Å². The average molecular weight is 375 g/mol. The van der Waals surface area contributed by atoms with E-state index in [1.165, 1.54) is 25.3 Å². The number of esters is 1.